The Hall–Kier alpha value is -3.25. The first-order chi connectivity index (χ1) is 15.2. The third-order valence-corrected chi connectivity index (χ3v) is 6.07. The van der Waals surface area contributed by atoms with Gasteiger partial charge >= 0.3 is 0 Å². The van der Waals surface area contributed by atoms with E-state index in [2.05, 4.69) is 16.7 Å². The minimum Gasteiger partial charge on any atom is -0.496 e. The number of ether oxygens (including phenoxy) is 2. The van der Waals surface area contributed by atoms with Gasteiger partial charge in [0, 0.05) is 36.1 Å². The molecule has 0 saturated heterocycles. The summed E-state index contributed by atoms with van der Waals surface area (Å²) in [6.45, 7) is 0.859. The molecule has 160 valence electrons. The van der Waals surface area contributed by atoms with E-state index in [9.17, 15) is 9.90 Å². The highest BCUT2D eigenvalue weighted by Gasteiger charge is 2.28. The largest absolute Gasteiger partial charge is 0.496 e. The molecular formula is C25H25NO5. The van der Waals surface area contributed by atoms with E-state index in [0.29, 0.717) is 35.0 Å². The van der Waals surface area contributed by atoms with E-state index in [1.54, 1.807) is 26.4 Å². The molecule has 2 heterocycles. The van der Waals surface area contributed by atoms with Gasteiger partial charge in [0.25, 0.3) is 0 Å². The highest BCUT2D eigenvalue weighted by atomic mass is 16.5. The number of rotatable bonds is 8. The van der Waals surface area contributed by atoms with E-state index in [-0.39, 0.29) is 6.61 Å². The molecule has 4 aromatic rings. The molecule has 1 aliphatic carbocycles. The van der Waals surface area contributed by atoms with Gasteiger partial charge in [-0.25, -0.2) is 0 Å². The van der Waals surface area contributed by atoms with Crippen LogP contribution in [-0.4, -0.2) is 36.8 Å². The maximum absolute atomic E-state index is 11.4. The summed E-state index contributed by atoms with van der Waals surface area (Å²) in [4.78, 5) is 11.4. The van der Waals surface area contributed by atoms with Crippen molar-refractivity contribution < 1.29 is 23.8 Å². The molecule has 1 saturated carbocycles. The fraction of sp³-hybridized carbons (Fsp3) is 0.320. The zero-order valence-corrected chi connectivity index (χ0v) is 17.7. The lowest BCUT2D eigenvalue weighted by Crippen LogP contribution is -2.04. The normalized spacial score (nSPS) is 13.8. The highest BCUT2D eigenvalue weighted by Crippen LogP contribution is 2.44. The molecule has 5 rings (SSSR count). The number of hydrogen-bond acceptors (Lipinski definition) is 5. The average molecular weight is 419 g/mol. The predicted octanol–water partition coefficient (Wildman–Crippen LogP) is 4.83. The number of hydrogen-bond donors (Lipinski definition) is 1. The lowest BCUT2D eigenvalue weighted by molar-refractivity contribution is 0.112. The van der Waals surface area contributed by atoms with Crippen molar-refractivity contribution in [1.82, 2.24) is 4.57 Å². The molecule has 2 aromatic heterocycles. The summed E-state index contributed by atoms with van der Waals surface area (Å²) in [6, 6.07) is 11.6. The monoisotopic (exact) mass is 419 g/mol. The van der Waals surface area contributed by atoms with Crippen LogP contribution in [0.4, 0.5) is 0 Å². The first kappa shape index (κ1) is 19.7. The van der Waals surface area contributed by atoms with E-state index < -0.39 is 0 Å². The number of aliphatic hydroxyl groups is 1. The molecule has 0 unspecified atom stereocenters. The number of para-hydroxylation sites is 1. The minimum atomic E-state index is -0.0214. The van der Waals surface area contributed by atoms with Gasteiger partial charge < -0.3 is 23.6 Å². The van der Waals surface area contributed by atoms with Gasteiger partial charge in [0.1, 0.15) is 23.4 Å². The Balaban J connectivity index is 1.82. The molecule has 0 radical (unpaired) electrons. The molecule has 0 aliphatic heterocycles. The number of fused-ring (bicyclic) bond motifs is 2. The Morgan fingerprint density at radius 1 is 1.16 bits per heavy atom. The zero-order valence-electron chi connectivity index (χ0n) is 17.7. The summed E-state index contributed by atoms with van der Waals surface area (Å²) in [6.07, 6.45) is 3.63. The van der Waals surface area contributed by atoms with E-state index >= 15 is 0 Å². The second-order valence-corrected chi connectivity index (χ2v) is 8.08. The Labute approximate surface area is 180 Å². The summed E-state index contributed by atoms with van der Waals surface area (Å²) >= 11 is 0. The van der Waals surface area contributed by atoms with Crippen LogP contribution in [-0.2, 0) is 13.0 Å². The number of nitrogens with zero attached hydrogens (tertiary/aromatic N) is 1. The van der Waals surface area contributed by atoms with Crippen LogP contribution in [0.25, 0.3) is 33.3 Å². The third-order valence-electron chi connectivity index (χ3n) is 6.07. The van der Waals surface area contributed by atoms with Gasteiger partial charge in [0.05, 0.1) is 30.8 Å². The first-order valence-corrected chi connectivity index (χ1v) is 10.5. The Kier molecular flexibility index (Phi) is 4.94. The van der Waals surface area contributed by atoms with Gasteiger partial charge in [0.15, 0.2) is 5.76 Å². The van der Waals surface area contributed by atoms with Crippen LogP contribution < -0.4 is 9.47 Å². The minimum absolute atomic E-state index is 0.0214. The van der Waals surface area contributed by atoms with Crippen LogP contribution in [0, 0.1) is 5.92 Å². The summed E-state index contributed by atoms with van der Waals surface area (Å²) in [5.74, 6) is 2.73. The number of methoxy groups -OCH3 is 2. The van der Waals surface area contributed by atoms with Gasteiger partial charge in [-0.2, -0.15) is 0 Å². The Morgan fingerprint density at radius 3 is 2.65 bits per heavy atom. The number of aromatic nitrogens is 1. The number of furan rings is 1. The molecule has 0 amide bonds. The van der Waals surface area contributed by atoms with Crippen molar-refractivity contribution in [1.29, 1.82) is 0 Å². The molecule has 0 bridgehead atoms. The third kappa shape index (κ3) is 3.27. The van der Waals surface area contributed by atoms with Crippen molar-refractivity contribution in [2.24, 2.45) is 5.92 Å². The predicted molar refractivity (Wildman–Crippen MR) is 119 cm³/mol. The lowest BCUT2D eigenvalue weighted by atomic mass is 10.0. The highest BCUT2D eigenvalue weighted by molar-refractivity contribution is 5.98. The number of carbonyl (C=O) groups excluding carboxylic acids is 1. The zero-order chi connectivity index (χ0) is 21.5. The van der Waals surface area contributed by atoms with Crippen LogP contribution in [0.1, 0.15) is 28.8 Å². The number of aliphatic hydroxyl groups excluding tert-OH is 1. The average Bonchev–Trinajstić information content (AvgIpc) is 3.44. The van der Waals surface area contributed by atoms with Gasteiger partial charge in [-0.15, -0.1) is 0 Å². The van der Waals surface area contributed by atoms with Gasteiger partial charge in [-0.1, -0.05) is 12.1 Å². The van der Waals surface area contributed by atoms with Crippen molar-refractivity contribution in [2.45, 2.75) is 25.8 Å². The van der Waals surface area contributed by atoms with Crippen molar-refractivity contribution in [3.8, 4) is 23.0 Å². The summed E-state index contributed by atoms with van der Waals surface area (Å²) in [7, 11) is 3.26. The molecule has 0 spiro atoms. The molecule has 0 atom stereocenters. The summed E-state index contributed by atoms with van der Waals surface area (Å²) in [5.41, 5.74) is 3.93. The Morgan fingerprint density at radius 2 is 1.97 bits per heavy atom. The van der Waals surface area contributed by atoms with Crippen LogP contribution in [0.3, 0.4) is 0 Å². The molecular weight excluding hydrogens is 394 g/mol. The second-order valence-electron chi connectivity index (χ2n) is 8.08. The van der Waals surface area contributed by atoms with Crippen LogP contribution in [0.15, 0.2) is 40.8 Å². The Bertz CT molecular complexity index is 1280. The van der Waals surface area contributed by atoms with Gasteiger partial charge in [-0.05, 0) is 43.0 Å². The fourth-order valence-electron chi connectivity index (χ4n) is 4.45. The smallest absolute Gasteiger partial charge is 0.155 e. The molecule has 1 aliphatic rings. The quantitative estimate of drug-likeness (QED) is 0.414. The van der Waals surface area contributed by atoms with Gasteiger partial charge in [0.2, 0.25) is 0 Å². The van der Waals surface area contributed by atoms with Gasteiger partial charge in [-0.3, -0.25) is 4.79 Å². The molecule has 31 heavy (non-hydrogen) atoms. The molecule has 6 nitrogen and oxygen atoms in total. The molecule has 2 aromatic carbocycles. The number of benzene rings is 2. The fourth-order valence-corrected chi connectivity index (χ4v) is 4.45. The standard InChI is InChI=1S/C25H25NO5/c1-29-20-5-3-4-17-12-19(26(24(17)20)13-15-6-7-15)25-18(8-9-27)23-21(30-2)10-16(14-28)11-22(23)31-25/h3-5,10-12,14-15,27H,6-9,13H2,1-2H3. The van der Waals surface area contributed by atoms with Crippen molar-refractivity contribution in [3.63, 3.8) is 0 Å². The van der Waals surface area contributed by atoms with Crippen LogP contribution in [0.5, 0.6) is 11.5 Å². The van der Waals surface area contributed by atoms with Crippen LogP contribution in [0.2, 0.25) is 0 Å². The topological polar surface area (TPSA) is 73.8 Å². The molecule has 1 N–H and O–H groups in total. The first-order valence-electron chi connectivity index (χ1n) is 10.5. The van der Waals surface area contributed by atoms with Crippen molar-refractivity contribution in [3.05, 3.63) is 47.5 Å². The maximum atomic E-state index is 11.4. The number of carbonyl (C=O) groups is 1. The SMILES string of the molecule is COc1cc(C=O)cc2oc(-c3cc4cccc(OC)c4n3CC3CC3)c(CCO)c12. The van der Waals surface area contributed by atoms with Crippen molar-refractivity contribution >= 4 is 28.2 Å². The van der Waals surface area contributed by atoms with E-state index in [1.165, 1.54) is 12.8 Å². The van der Waals surface area contributed by atoms with E-state index in [4.69, 9.17) is 13.9 Å². The van der Waals surface area contributed by atoms with Crippen molar-refractivity contribution in [2.75, 3.05) is 20.8 Å². The van der Waals surface area contributed by atoms with Crippen LogP contribution >= 0.6 is 0 Å². The lowest BCUT2D eigenvalue weighted by Gasteiger charge is -2.12. The van der Waals surface area contributed by atoms with E-state index in [1.807, 2.05) is 12.1 Å². The molecule has 1 fully saturated rings. The van der Waals surface area contributed by atoms with E-state index in [0.717, 1.165) is 46.1 Å². The summed E-state index contributed by atoms with van der Waals surface area (Å²) in [5, 5.41) is 11.7. The summed E-state index contributed by atoms with van der Waals surface area (Å²) < 4.78 is 19.9. The second kappa shape index (κ2) is 7.78. The maximum Gasteiger partial charge on any atom is 0.155 e. The molecule has 6 heteroatoms. The number of aldehydes is 1.